The molecule has 0 unspecified atom stereocenters. The van der Waals surface area contributed by atoms with Crippen molar-refractivity contribution in [2.75, 3.05) is 32.8 Å². The predicted molar refractivity (Wildman–Crippen MR) is 146 cm³/mol. The van der Waals surface area contributed by atoms with Gasteiger partial charge in [-0.05, 0) is 70.3 Å². The smallest absolute Gasteiger partial charge is 0.257 e. The molecule has 10 heteroatoms. The second kappa shape index (κ2) is 11.7. The lowest BCUT2D eigenvalue weighted by Gasteiger charge is -2.49. The summed E-state index contributed by atoms with van der Waals surface area (Å²) in [5, 5.41) is 16.2. The molecule has 4 rings (SSSR count). The molecular formula is C26H31BrCl2N4O3. The van der Waals surface area contributed by atoms with Crippen LogP contribution in [0.15, 0.2) is 46.3 Å². The monoisotopic (exact) mass is 596 g/mol. The largest absolute Gasteiger partial charge is 0.619 e. The van der Waals surface area contributed by atoms with Crippen LogP contribution >= 0.6 is 39.1 Å². The van der Waals surface area contributed by atoms with Gasteiger partial charge in [-0.3, -0.25) is 9.69 Å². The van der Waals surface area contributed by atoms with Crippen LogP contribution in [0.3, 0.4) is 0 Å². The number of likely N-dealkylation sites (tertiary alicyclic amines) is 2. The maximum Gasteiger partial charge on any atom is 0.257 e. The van der Waals surface area contributed by atoms with Gasteiger partial charge in [0, 0.05) is 29.0 Å². The van der Waals surface area contributed by atoms with Crippen LogP contribution in [-0.4, -0.2) is 59.7 Å². The third-order valence-corrected chi connectivity index (χ3v) is 8.48. The third-order valence-electron chi connectivity index (χ3n) is 7.38. The topological polar surface area (TPSA) is 72.1 Å². The molecule has 194 valence electrons. The van der Waals surface area contributed by atoms with Crippen LogP contribution in [0.5, 0.6) is 0 Å². The number of oxime groups is 1. The Morgan fingerprint density at radius 2 is 1.72 bits per heavy atom. The predicted octanol–water partition coefficient (Wildman–Crippen LogP) is 5.54. The van der Waals surface area contributed by atoms with Crippen LogP contribution in [0, 0.1) is 11.1 Å². The number of hydrogen-bond acceptors (Lipinski definition) is 5. The van der Waals surface area contributed by atoms with E-state index in [0.717, 1.165) is 66.9 Å². The number of carbonyl (C=O) groups excluding carboxylic acids is 1. The molecule has 0 aliphatic carbocycles. The molecule has 1 aromatic carbocycles. The number of hydrogen-bond donors (Lipinski definition) is 0. The Bertz CT molecular complexity index is 1090. The van der Waals surface area contributed by atoms with E-state index < -0.39 is 0 Å². The summed E-state index contributed by atoms with van der Waals surface area (Å²) in [5.41, 5.74) is 2.33. The zero-order valence-corrected chi connectivity index (χ0v) is 23.7. The van der Waals surface area contributed by atoms with Crippen LogP contribution in [0.25, 0.3) is 0 Å². The fourth-order valence-corrected chi connectivity index (χ4v) is 6.05. The number of halogens is 3. The first-order valence-corrected chi connectivity index (χ1v) is 13.8. The third kappa shape index (κ3) is 5.98. The quantitative estimate of drug-likeness (QED) is 0.190. The van der Waals surface area contributed by atoms with E-state index in [1.807, 2.05) is 19.1 Å². The average molecular weight is 598 g/mol. The number of rotatable bonds is 6. The van der Waals surface area contributed by atoms with Crippen molar-refractivity contribution in [2.45, 2.75) is 45.1 Å². The number of aromatic nitrogens is 1. The highest BCUT2D eigenvalue weighted by Crippen LogP contribution is 2.35. The number of amides is 1. The van der Waals surface area contributed by atoms with Gasteiger partial charge in [0.25, 0.3) is 5.91 Å². The lowest BCUT2D eigenvalue weighted by Crippen LogP contribution is -2.56. The minimum Gasteiger partial charge on any atom is -0.619 e. The fraction of sp³-hybridized carbons (Fsp3) is 0.500. The van der Waals surface area contributed by atoms with Crippen molar-refractivity contribution < 1.29 is 14.4 Å². The van der Waals surface area contributed by atoms with Crippen molar-refractivity contribution in [2.24, 2.45) is 11.1 Å². The van der Waals surface area contributed by atoms with Crippen LogP contribution in [0.1, 0.15) is 55.5 Å². The van der Waals surface area contributed by atoms with Gasteiger partial charge in [0.05, 0.1) is 11.3 Å². The van der Waals surface area contributed by atoms with E-state index in [1.165, 1.54) is 0 Å². The molecular weight excluding hydrogens is 567 g/mol. The van der Waals surface area contributed by atoms with Crippen molar-refractivity contribution in [1.82, 2.24) is 9.80 Å². The summed E-state index contributed by atoms with van der Waals surface area (Å²) < 4.78 is 1.56. The first-order chi connectivity index (χ1) is 17.2. The molecule has 2 aliphatic heterocycles. The van der Waals surface area contributed by atoms with Crippen LogP contribution < -0.4 is 4.73 Å². The number of nitrogens with zero attached hydrogens (tertiary/aromatic N) is 4. The van der Waals surface area contributed by atoms with Gasteiger partial charge in [0.1, 0.15) is 16.7 Å². The molecule has 2 aromatic rings. The highest BCUT2D eigenvalue weighted by Gasteiger charge is 2.40. The number of piperidine rings is 2. The molecule has 1 amide bonds. The van der Waals surface area contributed by atoms with Crippen LogP contribution in [0.2, 0.25) is 10.0 Å². The number of pyridine rings is 1. The van der Waals surface area contributed by atoms with Crippen molar-refractivity contribution in [3.05, 3.63) is 67.5 Å². The lowest BCUT2D eigenvalue weighted by atomic mass is 9.82. The van der Waals surface area contributed by atoms with Crippen molar-refractivity contribution >= 4 is 50.8 Å². The minimum atomic E-state index is -0.224. The van der Waals surface area contributed by atoms with Crippen molar-refractivity contribution in [3.63, 3.8) is 0 Å². The molecule has 36 heavy (non-hydrogen) atoms. The molecule has 0 N–H and O–H groups in total. The Hall–Kier alpha value is -1.87. The molecule has 0 saturated carbocycles. The first-order valence-electron chi connectivity index (χ1n) is 12.3. The second-order valence-electron chi connectivity index (χ2n) is 9.64. The summed E-state index contributed by atoms with van der Waals surface area (Å²) in [5.74, 6) is 0.114. The molecule has 2 saturated heterocycles. The van der Waals surface area contributed by atoms with Crippen LogP contribution in [0.4, 0.5) is 0 Å². The van der Waals surface area contributed by atoms with Gasteiger partial charge in [-0.25, -0.2) is 0 Å². The Balaban J connectivity index is 1.38. The van der Waals surface area contributed by atoms with Crippen molar-refractivity contribution in [3.8, 4) is 0 Å². The molecule has 0 atom stereocenters. The molecule has 0 bridgehead atoms. The zero-order chi connectivity index (χ0) is 25.9. The maximum atomic E-state index is 13.1. The molecule has 3 heterocycles. The Kier molecular flexibility index (Phi) is 8.81. The highest BCUT2D eigenvalue weighted by atomic mass is 79.9. The standard InChI is InChI=1S/C26H31BrCl2N4O3/c1-3-36-30-24(18-4-6-20(27)7-5-18)19-8-12-32(13-9-19)26(2)10-14-31(15-11-26)25(34)23-21(28)16-33(35)17-22(23)29/h4-7,16-17,19H,3,8-15H2,1-2H3/b30-24+. The number of benzene rings is 1. The van der Waals surface area contributed by atoms with Gasteiger partial charge in [0.15, 0.2) is 12.4 Å². The Morgan fingerprint density at radius 1 is 1.14 bits per heavy atom. The van der Waals surface area contributed by atoms with E-state index in [4.69, 9.17) is 28.0 Å². The summed E-state index contributed by atoms with van der Waals surface area (Å²) in [6.07, 6.45) is 6.06. The van der Waals surface area contributed by atoms with Gasteiger partial charge >= 0.3 is 0 Å². The van der Waals surface area contributed by atoms with Gasteiger partial charge in [-0.15, -0.1) is 0 Å². The average Bonchev–Trinajstić information content (AvgIpc) is 2.85. The summed E-state index contributed by atoms with van der Waals surface area (Å²) in [4.78, 5) is 22.9. The molecule has 7 nitrogen and oxygen atoms in total. The van der Waals surface area contributed by atoms with Crippen molar-refractivity contribution in [1.29, 1.82) is 0 Å². The fourth-order valence-electron chi connectivity index (χ4n) is 5.18. The normalized spacial score (nSPS) is 19.4. The summed E-state index contributed by atoms with van der Waals surface area (Å²) >= 11 is 15.8. The highest BCUT2D eigenvalue weighted by molar-refractivity contribution is 9.10. The maximum absolute atomic E-state index is 13.1. The zero-order valence-electron chi connectivity index (χ0n) is 20.6. The molecule has 0 radical (unpaired) electrons. The Morgan fingerprint density at radius 3 is 2.28 bits per heavy atom. The van der Waals surface area contributed by atoms with E-state index in [0.29, 0.717) is 30.3 Å². The van der Waals surface area contributed by atoms with E-state index in [1.54, 1.807) is 4.90 Å². The van der Waals surface area contributed by atoms with Gasteiger partial charge < -0.3 is 14.9 Å². The first kappa shape index (κ1) is 27.2. The van der Waals surface area contributed by atoms with Gasteiger partial charge in [-0.2, -0.15) is 4.73 Å². The number of carbonyl (C=O) groups is 1. The van der Waals surface area contributed by atoms with E-state index in [-0.39, 0.29) is 27.1 Å². The molecule has 2 aliphatic rings. The van der Waals surface area contributed by atoms with E-state index in [9.17, 15) is 10.0 Å². The molecule has 2 fully saturated rings. The second-order valence-corrected chi connectivity index (χ2v) is 11.4. The minimum absolute atomic E-state index is 0.0128. The Labute approximate surface area is 230 Å². The van der Waals surface area contributed by atoms with E-state index in [2.05, 4.69) is 45.0 Å². The summed E-state index contributed by atoms with van der Waals surface area (Å²) in [6.45, 7) is 7.95. The van der Waals surface area contributed by atoms with Crippen LogP contribution in [-0.2, 0) is 4.84 Å². The van der Waals surface area contributed by atoms with Gasteiger partial charge in [-0.1, -0.05) is 56.4 Å². The summed E-state index contributed by atoms with van der Waals surface area (Å²) in [6, 6.07) is 8.25. The summed E-state index contributed by atoms with van der Waals surface area (Å²) in [7, 11) is 0. The van der Waals surface area contributed by atoms with Gasteiger partial charge in [0.2, 0.25) is 0 Å². The molecule has 1 aromatic heterocycles. The lowest BCUT2D eigenvalue weighted by molar-refractivity contribution is -0.605. The SMILES string of the molecule is CCO/N=C(\c1ccc(Br)cc1)C1CCN(C2(C)CCN(C(=O)c3c(Cl)c[n+]([O-])cc3Cl)CC2)CC1. The molecule has 0 spiro atoms. The van der Waals surface area contributed by atoms with E-state index >= 15 is 0 Å².